The number of hydrogen-bond acceptors (Lipinski definition) is 5. The molecule has 0 radical (unpaired) electrons. The summed E-state index contributed by atoms with van der Waals surface area (Å²) in [6.45, 7) is -0.124. The fraction of sp³-hybridized carbons (Fsp3) is 0.0667. The van der Waals surface area contributed by atoms with Gasteiger partial charge in [0.05, 0.1) is 11.0 Å². The van der Waals surface area contributed by atoms with Crippen LogP contribution in [0.25, 0.3) is 28.1 Å². The molecule has 2 heterocycles. The third-order valence-electron chi connectivity index (χ3n) is 3.50. The fourth-order valence-corrected chi connectivity index (χ4v) is 2.51. The molecule has 2 aromatic heterocycles. The number of aromatic nitrogens is 6. The second kappa shape index (κ2) is 5.05. The minimum atomic E-state index is -0.124. The second-order valence-corrected chi connectivity index (χ2v) is 4.79. The predicted molar refractivity (Wildman–Crippen MR) is 80.2 cm³/mol. The standard InChI is InChI=1S/C15H12N6O/c22-9-14-16-12-3-1-2-4-13(12)21(14)11-7-5-10(6-8-11)15-17-19-20-18-15/h1-8,22H,9H2,(H,17,18,19,20). The largest absolute Gasteiger partial charge is 0.388 e. The zero-order valence-electron chi connectivity index (χ0n) is 11.5. The zero-order valence-corrected chi connectivity index (χ0v) is 11.5. The molecular formula is C15H12N6O. The smallest absolute Gasteiger partial charge is 0.204 e. The number of fused-ring (bicyclic) bond motifs is 1. The van der Waals surface area contributed by atoms with E-state index < -0.39 is 0 Å². The molecule has 0 aliphatic heterocycles. The third-order valence-corrected chi connectivity index (χ3v) is 3.50. The minimum absolute atomic E-state index is 0.124. The van der Waals surface area contributed by atoms with Crippen molar-refractivity contribution in [2.45, 2.75) is 6.61 Å². The monoisotopic (exact) mass is 292 g/mol. The van der Waals surface area contributed by atoms with E-state index in [0.29, 0.717) is 11.6 Å². The lowest BCUT2D eigenvalue weighted by atomic mass is 10.2. The van der Waals surface area contributed by atoms with Crippen LogP contribution < -0.4 is 0 Å². The number of H-pyrrole nitrogens is 1. The van der Waals surface area contributed by atoms with Crippen molar-refractivity contribution < 1.29 is 5.11 Å². The number of hydrogen-bond donors (Lipinski definition) is 2. The first kappa shape index (κ1) is 12.7. The Balaban J connectivity index is 1.85. The fourth-order valence-electron chi connectivity index (χ4n) is 2.51. The first-order valence-electron chi connectivity index (χ1n) is 6.78. The molecule has 0 spiro atoms. The van der Waals surface area contributed by atoms with Crippen molar-refractivity contribution >= 4 is 11.0 Å². The van der Waals surface area contributed by atoms with Crippen LogP contribution in [0, 0.1) is 0 Å². The molecule has 4 rings (SSSR count). The maximum absolute atomic E-state index is 9.57. The molecule has 2 aromatic carbocycles. The lowest BCUT2D eigenvalue weighted by molar-refractivity contribution is 0.270. The summed E-state index contributed by atoms with van der Waals surface area (Å²) in [5.74, 6) is 1.15. The van der Waals surface area contributed by atoms with E-state index >= 15 is 0 Å². The normalized spacial score (nSPS) is 11.1. The highest BCUT2D eigenvalue weighted by atomic mass is 16.3. The summed E-state index contributed by atoms with van der Waals surface area (Å²) < 4.78 is 1.94. The average molecular weight is 292 g/mol. The lowest BCUT2D eigenvalue weighted by Gasteiger charge is -2.08. The molecule has 7 nitrogen and oxygen atoms in total. The molecule has 0 saturated carbocycles. The van der Waals surface area contributed by atoms with Gasteiger partial charge in [0.2, 0.25) is 5.82 Å². The van der Waals surface area contributed by atoms with Crippen molar-refractivity contribution in [3.8, 4) is 17.1 Å². The van der Waals surface area contributed by atoms with Gasteiger partial charge in [-0.1, -0.05) is 12.1 Å². The maximum atomic E-state index is 9.57. The van der Waals surface area contributed by atoms with Crippen LogP contribution in [0.2, 0.25) is 0 Å². The van der Waals surface area contributed by atoms with Crippen molar-refractivity contribution in [3.63, 3.8) is 0 Å². The van der Waals surface area contributed by atoms with Gasteiger partial charge < -0.3 is 5.11 Å². The molecule has 0 aliphatic rings. The van der Waals surface area contributed by atoms with E-state index in [0.717, 1.165) is 22.3 Å². The van der Waals surface area contributed by atoms with Crippen molar-refractivity contribution in [1.29, 1.82) is 0 Å². The van der Waals surface area contributed by atoms with Gasteiger partial charge in [-0.15, -0.1) is 10.2 Å². The van der Waals surface area contributed by atoms with Crippen LogP contribution in [0.3, 0.4) is 0 Å². The predicted octanol–water partition coefficient (Wildman–Crippen LogP) is 1.70. The highest BCUT2D eigenvalue weighted by Crippen LogP contribution is 2.23. The minimum Gasteiger partial charge on any atom is -0.388 e. The van der Waals surface area contributed by atoms with Crippen LogP contribution in [0.5, 0.6) is 0 Å². The number of rotatable bonds is 3. The number of aliphatic hydroxyl groups excluding tert-OH is 1. The SMILES string of the molecule is OCc1nc2ccccc2n1-c1ccc(-c2nn[nH]n2)cc1. The Morgan fingerprint density at radius 3 is 2.59 bits per heavy atom. The number of nitrogens with zero attached hydrogens (tertiary/aromatic N) is 5. The van der Waals surface area contributed by atoms with Crippen LogP contribution in [-0.2, 0) is 6.61 Å². The number of nitrogens with one attached hydrogen (secondary N) is 1. The third kappa shape index (κ3) is 1.95. The first-order chi connectivity index (χ1) is 10.9. The number of aliphatic hydroxyl groups is 1. The molecule has 0 fully saturated rings. The van der Waals surface area contributed by atoms with E-state index in [1.807, 2.05) is 53.1 Å². The number of tetrazole rings is 1. The molecule has 7 heteroatoms. The Hall–Kier alpha value is -3.06. The summed E-state index contributed by atoms with van der Waals surface area (Å²) in [5.41, 5.74) is 3.60. The molecule has 0 unspecified atom stereocenters. The van der Waals surface area contributed by atoms with Gasteiger partial charge in [0.15, 0.2) is 0 Å². The number of benzene rings is 2. The van der Waals surface area contributed by atoms with E-state index in [9.17, 15) is 5.11 Å². The topological polar surface area (TPSA) is 92.5 Å². The molecule has 0 saturated heterocycles. The van der Waals surface area contributed by atoms with Gasteiger partial charge in [-0.25, -0.2) is 4.98 Å². The van der Waals surface area contributed by atoms with Crippen molar-refractivity contribution in [2.75, 3.05) is 0 Å². The second-order valence-electron chi connectivity index (χ2n) is 4.79. The number of para-hydroxylation sites is 2. The highest BCUT2D eigenvalue weighted by Gasteiger charge is 2.11. The van der Waals surface area contributed by atoms with Gasteiger partial charge in [0.1, 0.15) is 12.4 Å². The van der Waals surface area contributed by atoms with Crippen molar-refractivity contribution in [3.05, 3.63) is 54.4 Å². The van der Waals surface area contributed by atoms with Crippen molar-refractivity contribution in [1.82, 2.24) is 30.2 Å². The van der Waals surface area contributed by atoms with E-state index in [-0.39, 0.29) is 6.61 Å². The number of imidazole rings is 1. The summed E-state index contributed by atoms with van der Waals surface area (Å²) in [7, 11) is 0. The van der Waals surface area contributed by atoms with Gasteiger partial charge in [-0.3, -0.25) is 4.57 Å². The summed E-state index contributed by atoms with van der Waals surface area (Å²) in [5, 5.41) is 23.5. The molecule has 0 amide bonds. The van der Waals surface area contributed by atoms with Gasteiger partial charge >= 0.3 is 0 Å². The molecule has 4 aromatic rings. The van der Waals surface area contributed by atoms with Gasteiger partial charge in [-0.05, 0) is 41.6 Å². The van der Waals surface area contributed by atoms with Crippen LogP contribution in [0.15, 0.2) is 48.5 Å². The highest BCUT2D eigenvalue weighted by molar-refractivity contribution is 5.78. The van der Waals surface area contributed by atoms with Gasteiger partial charge in [-0.2, -0.15) is 5.21 Å². The van der Waals surface area contributed by atoms with E-state index in [4.69, 9.17) is 0 Å². The molecule has 108 valence electrons. The van der Waals surface area contributed by atoms with Crippen LogP contribution in [0.1, 0.15) is 5.82 Å². The quantitative estimate of drug-likeness (QED) is 0.599. The van der Waals surface area contributed by atoms with E-state index in [1.165, 1.54) is 0 Å². The molecular weight excluding hydrogens is 280 g/mol. The zero-order chi connectivity index (χ0) is 14.9. The average Bonchev–Trinajstić information content (AvgIpc) is 3.22. The van der Waals surface area contributed by atoms with Gasteiger partial charge in [0, 0.05) is 11.3 Å². The summed E-state index contributed by atoms with van der Waals surface area (Å²) >= 11 is 0. The molecule has 22 heavy (non-hydrogen) atoms. The Bertz CT molecular complexity index is 911. The van der Waals surface area contributed by atoms with E-state index in [1.54, 1.807) is 0 Å². The van der Waals surface area contributed by atoms with Crippen molar-refractivity contribution in [2.24, 2.45) is 0 Å². The Morgan fingerprint density at radius 1 is 1.05 bits per heavy atom. The van der Waals surface area contributed by atoms with E-state index in [2.05, 4.69) is 25.6 Å². The lowest BCUT2D eigenvalue weighted by Crippen LogP contribution is -2.01. The summed E-state index contributed by atoms with van der Waals surface area (Å²) in [6.07, 6.45) is 0. The van der Waals surface area contributed by atoms with Crippen LogP contribution in [0.4, 0.5) is 0 Å². The molecule has 0 atom stereocenters. The number of aromatic amines is 1. The molecule has 2 N–H and O–H groups in total. The first-order valence-corrected chi connectivity index (χ1v) is 6.78. The molecule has 0 aliphatic carbocycles. The van der Waals surface area contributed by atoms with Crippen LogP contribution >= 0.6 is 0 Å². The summed E-state index contributed by atoms with van der Waals surface area (Å²) in [6, 6.07) is 15.5. The molecule has 0 bridgehead atoms. The Labute approximate surface area is 125 Å². The maximum Gasteiger partial charge on any atom is 0.204 e. The Morgan fingerprint density at radius 2 is 1.86 bits per heavy atom. The van der Waals surface area contributed by atoms with Gasteiger partial charge in [0.25, 0.3) is 0 Å². The Kier molecular flexibility index (Phi) is 2.90. The summed E-state index contributed by atoms with van der Waals surface area (Å²) in [4.78, 5) is 4.45. The van der Waals surface area contributed by atoms with Crippen LogP contribution in [-0.4, -0.2) is 35.3 Å².